The Morgan fingerprint density at radius 2 is 1.74 bits per heavy atom. The van der Waals surface area contributed by atoms with E-state index in [1.165, 1.54) is 5.01 Å². The molecule has 0 spiro atoms. The normalized spacial score (nSPS) is 15.9. The van der Waals surface area contributed by atoms with Gasteiger partial charge < -0.3 is 5.73 Å². The van der Waals surface area contributed by atoms with Crippen LogP contribution in [0.15, 0.2) is 65.3 Å². The smallest absolute Gasteiger partial charge is 0.280 e. The molecule has 0 bridgehead atoms. The van der Waals surface area contributed by atoms with Crippen molar-refractivity contribution in [3.05, 3.63) is 71.3 Å². The van der Waals surface area contributed by atoms with E-state index in [1.54, 1.807) is 37.3 Å². The molecule has 0 aromatic heterocycles. The van der Waals surface area contributed by atoms with E-state index in [2.05, 4.69) is 5.10 Å². The van der Waals surface area contributed by atoms with Gasteiger partial charge >= 0.3 is 0 Å². The molecule has 1 heterocycles. The number of anilines is 1. The van der Waals surface area contributed by atoms with Crippen molar-refractivity contribution in [1.82, 2.24) is 0 Å². The summed E-state index contributed by atoms with van der Waals surface area (Å²) in [6.07, 6.45) is 1.76. The van der Waals surface area contributed by atoms with Gasteiger partial charge in [0, 0.05) is 5.56 Å². The zero-order valence-corrected chi connectivity index (χ0v) is 12.6. The Labute approximate surface area is 133 Å². The lowest BCUT2D eigenvalue weighted by atomic mass is 10.1. The van der Waals surface area contributed by atoms with Gasteiger partial charge in [-0.05, 0) is 42.8 Å². The van der Waals surface area contributed by atoms with E-state index in [0.717, 1.165) is 11.3 Å². The fraction of sp³-hybridized carbons (Fsp3) is 0.0556. The minimum atomic E-state index is -0.478. The summed E-state index contributed by atoms with van der Waals surface area (Å²) >= 11 is 0. The molecule has 114 valence electrons. The Hall–Kier alpha value is -3.21. The van der Waals surface area contributed by atoms with Gasteiger partial charge in [0.25, 0.3) is 5.91 Å². The van der Waals surface area contributed by atoms with E-state index < -0.39 is 5.91 Å². The summed E-state index contributed by atoms with van der Waals surface area (Å²) in [5, 5.41) is 5.71. The van der Waals surface area contributed by atoms with E-state index in [9.17, 15) is 9.59 Å². The first-order valence-electron chi connectivity index (χ1n) is 7.13. The van der Waals surface area contributed by atoms with E-state index in [4.69, 9.17) is 5.73 Å². The number of carbonyl (C=O) groups excluding carboxylic acids is 2. The Bertz CT molecular complexity index is 821. The van der Waals surface area contributed by atoms with Crippen molar-refractivity contribution >= 4 is 29.3 Å². The summed E-state index contributed by atoms with van der Waals surface area (Å²) in [6.45, 7) is 1.80. The van der Waals surface area contributed by atoms with Gasteiger partial charge in [-0.2, -0.15) is 10.1 Å². The van der Waals surface area contributed by atoms with Crippen LogP contribution in [0.3, 0.4) is 0 Å². The van der Waals surface area contributed by atoms with Crippen molar-refractivity contribution in [2.75, 3.05) is 5.01 Å². The molecule has 0 unspecified atom stereocenters. The van der Waals surface area contributed by atoms with Crippen molar-refractivity contribution in [3.63, 3.8) is 0 Å². The van der Waals surface area contributed by atoms with Crippen LogP contribution in [0.2, 0.25) is 0 Å². The van der Waals surface area contributed by atoms with E-state index in [-0.39, 0.29) is 5.91 Å². The molecule has 0 saturated carbocycles. The van der Waals surface area contributed by atoms with Crippen molar-refractivity contribution < 1.29 is 9.59 Å². The zero-order chi connectivity index (χ0) is 16.4. The van der Waals surface area contributed by atoms with Crippen molar-refractivity contribution in [1.29, 1.82) is 0 Å². The predicted molar refractivity (Wildman–Crippen MR) is 90.0 cm³/mol. The second kappa shape index (κ2) is 5.88. The monoisotopic (exact) mass is 305 g/mol. The van der Waals surface area contributed by atoms with Crippen LogP contribution in [-0.4, -0.2) is 17.5 Å². The topological polar surface area (TPSA) is 75.8 Å². The van der Waals surface area contributed by atoms with Crippen LogP contribution in [0.4, 0.5) is 5.69 Å². The third kappa shape index (κ3) is 2.89. The van der Waals surface area contributed by atoms with Crippen LogP contribution < -0.4 is 10.7 Å². The Morgan fingerprint density at radius 3 is 2.35 bits per heavy atom. The van der Waals surface area contributed by atoms with Gasteiger partial charge in [0.2, 0.25) is 5.91 Å². The van der Waals surface area contributed by atoms with Crippen LogP contribution in [0.25, 0.3) is 6.08 Å². The number of rotatable bonds is 3. The predicted octanol–water partition coefficient (Wildman–Crippen LogP) is 2.59. The molecule has 0 aliphatic carbocycles. The minimum Gasteiger partial charge on any atom is -0.366 e. The maximum atomic E-state index is 12.6. The first kappa shape index (κ1) is 14.7. The van der Waals surface area contributed by atoms with Crippen molar-refractivity contribution in [2.24, 2.45) is 10.8 Å². The van der Waals surface area contributed by atoms with Gasteiger partial charge in [0.1, 0.15) is 0 Å². The summed E-state index contributed by atoms with van der Waals surface area (Å²) < 4.78 is 0. The highest BCUT2D eigenvalue weighted by Gasteiger charge is 2.28. The lowest BCUT2D eigenvalue weighted by Crippen LogP contribution is -2.21. The van der Waals surface area contributed by atoms with E-state index in [0.29, 0.717) is 16.8 Å². The molecule has 5 nitrogen and oxygen atoms in total. The fourth-order valence-corrected chi connectivity index (χ4v) is 2.34. The molecule has 23 heavy (non-hydrogen) atoms. The average molecular weight is 305 g/mol. The molecule has 0 atom stereocenters. The first-order chi connectivity index (χ1) is 11.1. The third-order valence-corrected chi connectivity index (χ3v) is 3.57. The summed E-state index contributed by atoms with van der Waals surface area (Å²) in [6, 6.07) is 16.0. The quantitative estimate of drug-likeness (QED) is 0.885. The third-order valence-electron chi connectivity index (χ3n) is 3.57. The molecule has 0 radical (unpaired) electrons. The molecule has 5 heteroatoms. The van der Waals surface area contributed by atoms with E-state index in [1.807, 2.05) is 30.3 Å². The molecule has 2 aromatic carbocycles. The first-order valence-corrected chi connectivity index (χ1v) is 7.13. The van der Waals surface area contributed by atoms with Crippen LogP contribution in [0, 0.1) is 0 Å². The highest BCUT2D eigenvalue weighted by Crippen LogP contribution is 2.24. The number of para-hydroxylation sites is 1. The SMILES string of the molecule is CC1=NN(c2ccccc2)C(=O)/C1=C/c1ccc(C(N)=O)cc1. The summed E-state index contributed by atoms with van der Waals surface area (Å²) in [5.74, 6) is -0.651. The lowest BCUT2D eigenvalue weighted by molar-refractivity contribution is -0.114. The minimum absolute atomic E-state index is 0.173. The number of primary amides is 1. The second-order valence-corrected chi connectivity index (χ2v) is 5.18. The number of hydrogen-bond donors (Lipinski definition) is 1. The lowest BCUT2D eigenvalue weighted by Gasteiger charge is -2.11. The molecule has 0 saturated heterocycles. The molecular weight excluding hydrogens is 290 g/mol. The van der Waals surface area contributed by atoms with Gasteiger partial charge in [-0.3, -0.25) is 9.59 Å². The molecular formula is C18H15N3O2. The maximum Gasteiger partial charge on any atom is 0.280 e. The van der Waals surface area contributed by atoms with Crippen LogP contribution in [0.1, 0.15) is 22.8 Å². The van der Waals surface area contributed by atoms with Gasteiger partial charge in [-0.25, -0.2) is 0 Å². The molecule has 1 aliphatic rings. The molecule has 2 aromatic rings. The number of hydrogen-bond acceptors (Lipinski definition) is 3. The second-order valence-electron chi connectivity index (χ2n) is 5.18. The average Bonchev–Trinajstić information content (AvgIpc) is 2.84. The van der Waals surface area contributed by atoms with Gasteiger partial charge in [0.05, 0.1) is 17.0 Å². The molecule has 0 fully saturated rings. The van der Waals surface area contributed by atoms with Gasteiger partial charge in [-0.15, -0.1) is 0 Å². The zero-order valence-electron chi connectivity index (χ0n) is 12.6. The number of amides is 2. The number of nitrogens with zero attached hydrogens (tertiary/aromatic N) is 2. The van der Waals surface area contributed by atoms with Crippen LogP contribution >= 0.6 is 0 Å². The molecule has 1 aliphatic heterocycles. The van der Waals surface area contributed by atoms with E-state index >= 15 is 0 Å². The summed E-state index contributed by atoms with van der Waals surface area (Å²) in [5.41, 5.74) is 8.37. The molecule has 3 rings (SSSR count). The summed E-state index contributed by atoms with van der Waals surface area (Å²) in [4.78, 5) is 23.7. The number of carbonyl (C=O) groups is 2. The maximum absolute atomic E-state index is 12.6. The Morgan fingerprint density at radius 1 is 1.09 bits per heavy atom. The standard InChI is InChI=1S/C18H15N3O2/c1-12-16(11-13-7-9-14(10-8-13)17(19)22)18(23)21(20-12)15-5-3-2-4-6-15/h2-11H,1H3,(H2,19,22)/b16-11+. The Kier molecular flexibility index (Phi) is 3.76. The molecule has 2 N–H and O–H groups in total. The van der Waals surface area contributed by atoms with Gasteiger partial charge in [0.15, 0.2) is 0 Å². The number of hydrazone groups is 1. The highest BCUT2D eigenvalue weighted by atomic mass is 16.2. The Balaban J connectivity index is 1.90. The fourth-order valence-electron chi connectivity index (χ4n) is 2.34. The number of nitrogens with two attached hydrogens (primary N) is 1. The van der Waals surface area contributed by atoms with Crippen molar-refractivity contribution in [3.8, 4) is 0 Å². The summed E-state index contributed by atoms with van der Waals surface area (Å²) in [7, 11) is 0. The van der Waals surface area contributed by atoms with Gasteiger partial charge in [-0.1, -0.05) is 30.3 Å². The van der Waals surface area contributed by atoms with Crippen molar-refractivity contribution in [2.45, 2.75) is 6.92 Å². The highest BCUT2D eigenvalue weighted by molar-refractivity contribution is 6.32. The van der Waals surface area contributed by atoms with Crippen LogP contribution in [0.5, 0.6) is 0 Å². The largest absolute Gasteiger partial charge is 0.366 e. The number of benzene rings is 2. The van der Waals surface area contributed by atoms with Crippen LogP contribution in [-0.2, 0) is 4.79 Å². The molecule has 2 amide bonds.